The van der Waals surface area contributed by atoms with Crippen molar-refractivity contribution in [2.45, 2.75) is 6.42 Å². The summed E-state index contributed by atoms with van der Waals surface area (Å²) in [6.07, 6.45) is 0.683. The molecule has 0 atom stereocenters. The first-order valence-electron chi connectivity index (χ1n) is 8.59. The molecule has 2 aromatic carbocycles. The number of nitrogens with zero attached hydrogens (tertiary/aromatic N) is 1. The van der Waals surface area contributed by atoms with Gasteiger partial charge in [0.1, 0.15) is 11.3 Å². The van der Waals surface area contributed by atoms with Gasteiger partial charge in [-0.05, 0) is 23.3 Å². The van der Waals surface area contributed by atoms with E-state index in [2.05, 4.69) is 4.90 Å². The van der Waals surface area contributed by atoms with Gasteiger partial charge in [0.05, 0.1) is 25.4 Å². The van der Waals surface area contributed by atoms with Crippen LogP contribution >= 0.6 is 0 Å². The Bertz CT molecular complexity index is 815. The predicted octanol–water partition coefficient (Wildman–Crippen LogP) is 1.52. The lowest BCUT2D eigenvalue weighted by Crippen LogP contribution is -2.37. The quantitative estimate of drug-likeness (QED) is 0.600. The summed E-state index contributed by atoms with van der Waals surface area (Å²) in [6, 6.07) is 8.45. The highest BCUT2D eigenvalue weighted by Gasteiger charge is 2.22. The molecule has 3 rings (SSSR count). The van der Waals surface area contributed by atoms with Crippen molar-refractivity contribution in [1.29, 1.82) is 0 Å². The number of carbonyl (C=O) groups excluding carboxylic acids is 2. The number of carbonyl (C=O) groups is 2. The van der Waals surface area contributed by atoms with Crippen molar-refractivity contribution in [2.75, 3.05) is 39.5 Å². The van der Waals surface area contributed by atoms with E-state index in [1.165, 1.54) is 6.07 Å². The number of morpholine rings is 1. The van der Waals surface area contributed by atoms with E-state index < -0.39 is 17.6 Å². The smallest absolute Gasteiger partial charge is 0.341 e. The molecule has 0 unspecified atom stereocenters. The van der Waals surface area contributed by atoms with Crippen molar-refractivity contribution >= 4 is 22.6 Å². The molecule has 1 saturated heterocycles. The lowest BCUT2D eigenvalue weighted by molar-refractivity contribution is 0.0297. The normalized spacial score (nSPS) is 15.1. The van der Waals surface area contributed by atoms with Crippen LogP contribution in [0.2, 0.25) is 0 Å². The van der Waals surface area contributed by atoms with Gasteiger partial charge < -0.3 is 20.3 Å². The van der Waals surface area contributed by atoms with Gasteiger partial charge in [0, 0.05) is 19.6 Å². The maximum absolute atomic E-state index is 12.4. The molecule has 3 N–H and O–H groups in total. The second-order valence-corrected chi connectivity index (χ2v) is 6.18. The molecule has 1 aliphatic rings. The minimum atomic E-state index is -0.791. The number of esters is 1. The zero-order valence-corrected chi connectivity index (χ0v) is 14.4. The molecule has 0 bridgehead atoms. The molecule has 1 amide bonds. The van der Waals surface area contributed by atoms with Gasteiger partial charge in [0.15, 0.2) is 0 Å². The van der Waals surface area contributed by atoms with Crippen LogP contribution in [0.5, 0.6) is 5.75 Å². The van der Waals surface area contributed by atoms with Crippen molar-refractivity contribution in [3.8, 4) is 5.75 Å². The van der Waals surface area contributed by atoms with Crippen molar-refractivity contribution in [3.05, 3.63) is 41.5 Å². The lowest BCUT2D eigenvalue weighted by Gasteiger charge is -2.26. The lowest BCUT2D eigenvalue weighted by atomic mass is 9.99. The number of hydrogen-bond acceptors (Lipinski definition) is 6. The molecule has 138 valence electrons. The fourth-order valence-corrected chi connectivity index (χ4v) is 3.10. The Hall–Kier alpha value is -2.64. The van der Waals surface area contributed by atoms with Crippen molar-refractivity contribution in [3.63, 3.8) is 0 Å². The molecular weight excluding hydrogens is 336 g/mol. The third kappa shape index (κ3) is 3.95. The first-order valence-corrected chi connectivity index (χ1v) is 8.59. The Kier molecular flexibility index (Phi) is 5.70. The van der Waals surface area contributed by atoms with E-state index in [0.717, 1.165) is 32.8 Å². The summed E-state index contributed by atoms with van der Waals surface area (Å²) in [4.78, 5) is 26.4. The first kappa shape index (κ1) is 18.2. The second-order valence-electron chi connectivity index (χ2n) is 6.18. The van der Waals surface area contributed by atoms with Crippen molar-refractivity contribution in [1.82, 2.24) is 4.90 Å². The molecule has 0 aliphatic carbocycles. The average Bonchev–Trinajstić information content (AvgIpc) is 2.65. The summed E-state index contributed by atoms with van der Waals surface area (Å²) >= 11 is 0. The highest BCUT2D eigenvalue weighted by atomic mass is 16.5. The molecule has 7 nitrogen and oxygen atoms in total. The number of fused-ring (bicyclic) bond motifs is 1. The third-order valence-corrected chi connectivity index (χ3v) is 4.44. The summed E-state index contributed by atoms with van der Waals surface area (Å²) in [6.45, 7) is 4.24. The van der Waals surface area contributed by atoms with Gasteiger partial charge in [-0.2, -0.15) is 0 Å². The fourth-order valence-electron chi connectivity index (χ4n) is 3.10. The van der Waals surface area contributed by atoms with Crippen LogP contribution < -0.4 is 5.73 Å². The molecule has 1 aliphatic heterocycles. The molecular formula is C19H22N2O5. The summed E-state index contributed by atoms with van der Waals surface area (Å²) in [5, 5.41) is 11.5. The standard InChI is InChI=1S/C19H22N2O5/c20-18(23)16-14-5-2-1-4-13(14)12-15(17(16)22)19(24)26-9-3-6-21-7-10-25-11-8-21/h1-2,4-5,12,22H,3,6-11H2,(H2,20,23). The molecule has 26 heavy (non-hydrogen) atoms. The Morgan fingerprint density at radius 3 is 2.69 bits per heavy atom. The van der Waals surface area contributed by atoms with E-state index >= 15 is 0 Å². The van der Waals surface area contributed by atoms with Crippen LogP contribution in [0.1, 0.15) is 27.1 Å². The predicted molar refractivity (Wildman–Crippen MR) is 96.3 cm³/mol. The highest BCUT2D eigenvalue weighted by molar-refractivity contribution is 6.12. The van der Waals surface area contributed by atoms with Gasteiger partial charge in [-0.1, -0.05) is 24.3 Å². The zero-order chi connectivity index (χ0) is 18.5. The number of aromatic hydroxyl groups is 1. The summed E-state index contributed by atoms with van der Waals surface area (Å²) in [5.41, 5.74) is 5.27. The minimum absolute atomic E-state index is 0.0520. The number of hydrogen-bond donors (Lipinski definition) is 2. The number of nitrogens with two attached hydrogens (primary N) is 1. The molecule has 0 spiro atoms. The fraction of sp³-hybridized carbons (Fsp3) is 0.368. The number of ether oxygens (including phenoxy) is 2. The van der Waals surface area contributed by atoms with Crippen LogP contribution in [-0.2, 0) is 9.47 Å². The van der Waals surface area contributed by atoms with Gasteiger partial charge in [-0.3, -0.25) is 9.69 Å². The zero-order valence-electron chi connectivity index (χ0n) is 14.4. The minimum Gasteiger partial charge on any atom is -0.506 e. The van der Waals surface area contributed by atoms with Gasteiger partial charge >= 0.3 is 5.97 Å². The maximum atomic E-state index is 12.4. The van der Waals surface area contributed by atoms with Crippen molar-refractivity contribution < 1.29 is 24.2 Å². The maximum Gasteiger partial charge on any atom is 0.341 e. The summed E-state index contributed by atoms with van der Waals surface area (Å²) < 4.78 is 10.6. The van der Waals surface area contributed by atoms with Gasteiger partial charge in [0.25, 0.3) is 5.91 Å². The van der Waals surface area contributed by atoms with Crippen LogP contribution in [-0.4, -0.2) is 61.3 Å². The van der Waals surface area contributed by atoms with Crippen LogP contribution in [0.3, 0.4) is 0 Å². The monoisotopic (exact) mass is 358 g/mol. The molecule has 0 aromatic heterocycles. The molecule has 0 saturated carbocycles. The number of phenols is 1. The number of benzene rings is 2. The number of primary amides is 1. The van der Waals surface area contributed by atoms with Gasteiger partial charge in [-0.15, -0.1) is 0 Å². The molecule has 7 heteroatoms. The SMILES string of the molecule is NC(=O)c1c(O)c(C(=O)OCCCN2CCOCC2)cc2ccccc12. The van der Waals surface area contributed by atoms with Crippen LogP contribution in [0.15, 0.2) is 30.3 Å². The van der Waals surface area contributed by atoms with E-state index in [4.69, 9.17) is 15.2 Å². The Balaban J connectivity index is 1.69. The van der Waals surface area contributed by atoms with Crippen LogP contribution in [0.25, 0.3) is 10.8 Å². The summed E-state index contributed by atoms with van der Waals surface area (Å²) in [5.74, 6) is -1.90. The Labute approximate surface area is 151 Å². The van der Waals surface area contributed by atoms with E-state index in [0.29, 0.717) is 17.2 Å². The molecule has 0 radical (unpaired) electrons. The third-order valence-electron chi connectivity index (χ3n) is 4.44. The van der Waals surface area contributed by atoms with E-state index in [1.54, 1.807) is 24.3 Å². The molecule has 1 heterocycles. The van der Waals surface area contributed by atoms with E-state index in [-0.39, 0.29) is 17.7 Å². The first-order chi connectivity index (χ1) is 12.6. The topological polar surface area (TPSA) is 102 Å². The van der Waals surface area contributed by atoms with E-state index in [9.17, 15) is 14.7 Å². The summed E-state index contributed by atoms with van der Waals surface area (Å²) in [7, 11) is 0. The Morgan fingerprint density at radius 2 is 1.96 bits per heavy atom. The van der Waals surface area contributed by atoms with Crippen LogP contribution in [0.4, 0.5) is 0 Å². The highest BCUT2D eigenvalue weighted by Crippen LogP contribution is 2.31. The average molecular weight is 358 g/mol. The largest absolute Gasteiger partial charge is 0.506 e. The van der Waals surface area contributed by atoms with Crippen LogP contribution in [0, 0.1) is 0 Å². The second kappa shape index (κ2) is 8.16. The van der Waals surface area contributed by atoms with Crippen molar-refractivity contribution in [2.24, 2.45) is 5.73 Å². The van der Waals surface area contributed by atoms with Gasteiger partial charge in [-0.25, -0.2) is 4.79 Å². The number of amides is 1. The van der Waals surface area contributed by atoms with Gasteiger partial charge in [0.2, 0.25) is 0 Å². The van der Waals surface area contributed by atoms with E-state index in [1.807, 2.05) is 0 Å². The molecule has 2 aromatic rings. The molecule has 1 fully saturated rings. The Morgan fingerprint density at radius 1 is 1.23 bits per heavy atom. The number of rotatable bonds is 6.